The molecular weight excluding hydrogens is 398 g/mol. The molecule has 4 rings (SSSR count). The van der Waals surface area contributed by atoms with E-state index < -0.39 is 0 Å². The molecule has 5 nitrogen and oxygen atoms in total. The number of halogens is 1. The molecule has 0 aliphatic rings. The van der Waals surface area contributed by atoms with Crippen LogP contribution in [-0.2, 0) is 0 Å². The Morgan fingerprint density at radius 1 is 0.867 bits per heavy atom. The number of nitrogens with one attached hydrogen (secondary N) is 2. The fourth-order valence-corrected chi connectivity index (χ4v) is 3.48. The van der Waals surface area contributed by atoms with Crippen molar-refractivity contribution in [2.24, 2.45) is 0 Å². The molecule has 0 aliphatic heterocycles. The van der Waals surface area contributed by atoms with E-state index in [2.05, 4.69) is 15.6 Å². The standard InChI is InChI=1S/C24H18ClN3O2/c1-26-23(29)15-7-6-8-16(13-15)27-24(30)19-14-22(18-10-2-4-11-20(18)25)28-21-12-5-3-9-17(19)21/h2-14H,1H3,(H,26,29)(H,27,30). The average molecular weight is 416 g/mol. The van der Waals surface area contributed by atoms with Crippen LogP contribution in [0.3, 0.4) is 0 Å². The summed E-state index contributed by atoms with van der Waals surface area (Å²) in [7, 11) is 1.56. The number of aromatic nitrogens is 1. The Morgan fingerprint density at radius 3 is 2.43 bits per heavy atom. The highest BCUT2D eigenvalue weighted by Crippen LogP contribution is 2.30. The second-order valence-electron chi connectivity index (χ2n) is 6.67. The monoisotopic (exact) mass is 415 g/mol. The van der Waals surface area contributed by atoms with Gasteiger partial charge in [0.1, 0.15) is 0 Å². The van der Waals surface area contributed by atoms with E-state index in [0.717, 1.165) is 10.9 Å². The number of carbonyl (C=O) groups excluding carboxylic acids is 2. The Morgan fingerprint density at radius 2 is 1.63 bits per heavy atom. The molecule has 1 heterocycles. The van der Waals surface area contributed by atoms with Gasteiger partial charge in [0, 0.05) is 34.3 Å². The van der Waals surface area contributed by atoms with Crippen LogP contribution in [0.25, 0.3) is 22.2 Å². The molecule has 0 spiro atoms. The first-order chi connectivity index (χ1) is 14.6. The summed E-state index contributed by atoms with van der Waals surface area (Å²) in [6.45, 7) is 0. The number of anilines is 1. The molecule has 0 atom stereocenters. The Kier molecular flexibility index (Phi) is 5.46. The van der Waals surface area contributed by atoms with Crippen LogP contribution in [0, 0.1) is 0 Å². The third kappa shape index (κ3) is 3.88. The smallest absolute Gasteiger partial charge is 0.256 e. The van der Waals surface area contributed by atoms with E-state index in [4.69, 9.17) is 11.6 Å². The lowest BCUT2D eigenvalue weighted by molar-refractivity contribution is 0.0961. The maximum atomic E-state index is 13.2. The molecule has 1 aromatic heterocycles. The number of amides is 2. The Bertz CT molecular complexity index is 1270. The van der Waals surface area contributed by atoms with E-state index in [1.807, 2.05) is 42.5 Å². The van der Waals surface area contributed by atoms with Gasteiger partial charge in [-0.1, -0.05) is 54.1 Å². The Labute approximate surface area is 178 Å². The first kappa shape index (κ1) is 19.6. The normalized spacial score (nSPS) is 10.6. The van der Waals surface area contributed by atoms with Crippen LogP contribution in [0.2, 0.25) is 5.02 Å². The van der Waals surface area contributed by atoms with Crippen LogP contribution in [0.15, 0.2) is 78.9 Å². The van der Waals surface area contributed by atoms with Crippen molar-refractivity contribution in [3.63, 3.8) is 0 Å². The average Bonchev–Trinajstić information content (AvgIpc) is 2.78. The summed E-state index contributed by atoms with van der Waals surface area (Å²) in [6, 6.07) is 23.4. The molecule has 2 amide bonds. The minimum Gasteiger partial charge on any atom is -0.355 e. The molecule has 0 saturated carbocycles. The van der Waals surface area contributed by atoms with Gasteiger partial charge in [0.05, 0.1) is 16.8 Å². The van der Waals surface area contributed by atoms with E-state index in [0.29, 0.717) is 33.0 Å². The fourth-order valence-electron chi connectivity index (χ4n) is 3.25. The minimum absolute atomic E-state index is 0.221. The summed E-state index contributed by atoms with van der Waals surface area (Å²) in [4.78, 5) is 29.7. The maximum absolute atomic E-state index is 13.2. The van der Waals surface area contributed by atoms with Crippen molar-refractivity contribution < 1.29 is 9.59 Å². The number of nitrogens with zero attached hydrogens (tertiary/aromatic N) is 1. The summed E-state index contributed by atoms with van der Waals surface area (Å²) in [5.74, 6) is -0.516. The second kappa shape index (κ2) is 8.35. The predicted octanol–water partition coefficient (Wildman–Crippen LogP) is 5.17. The molecule has 6 heteroatoms. The van der Waals surface area contributed by atoms with Crippen LogP contribution in [0.5, 0.6) is 0 Å². The molecule has 0 aliphatic carbocycles. The van der Waals surface area contributed by atoms with Gasteiger partial charge in [0.25, 0.3) is 11.8 Å². The molecule has 148 valence electrons. The van der Waals surface area contributed by atoms with Gasteiger partial charge in [-0.25, -0.2) is 4.98 Å². The van der Waals surface area contributed by atoms with Gasteiger partial charge in [-0.15, -0.1) is 0 Å². The van der Waals surface area contributed by atoms with Crippen molar-refractivity contribution >= 4 is 40.0 Å². The largest absolute Gasteiger partial charge is 0.355 e. The number of fused-ring (bicyclic) bond motifs is 1. The first-order valence-electron chi connectivity index (χ1n) is 9.35. The fraction of sp³-hybridized carbons (Fsp3) is 0.0417. The SMILES string of the molecule is CNC(=O)c1cccc(NC(=O)c2cc(-c3ccccc3Cl)nc3ccccc23)c1. The second-order valence-corrected chi connectivity index (χ2v) is 7.07. The molecular formula is C24H18ClN3O2. The van der Waals surface area contributed by atoms with Crippen molar-refractivity contribution in [3.05, 3.63) is 95.0 Å². The number of para-hydroxylation sites is 1. The van der Waals surface area contributed by atoms with E-state index >= 15 is 0 Å². The molecule has 0 saturated heterocycles. The Hall–Kier alpha value is -3.70. The van der Waals surface area contributed by atoms with Crippen molar-refractivity contribution in [1.82, 2.24) is 10.3 Å². The lowest BCUT2D eigenvalue weighted by Crippen LogP contribution is -2.18. The molecule has 0 unspecified atom stereocenters. The zero-order valence-corrected chi connectivity index (χ0v) is 16.9. The summed E-state index contributed by atoms with van der Waals surface area (Å²) >= 11 is 6.35. The number of hydrogen-bond acceptors (Lipinski definition) is 3. The maximum Gasteiger partial charge on any atom is 0.256 e. The number of benzene rings is 3. The minimum atomic E-state index is -0.295. The highest BCUT2D eigenvalue weighted by atomic mass is 35.5. The lowest BCUT2D eigenvalue weighted by Gasteiger charge is -2.12. The van der Waals surface area contributed by atoms with E-state index in [1.165, 1.54) is 0 Å². The van der Waals surface area contributed by atoms with Crippen LogP contribution >= 0.6 is 11.6 Å². The van der Waals surface area contributed by atoms with Crippen molar-refractivity contribution in [2.45, 2.75) is 0 Å². The van der Waals surface area contributed by atoms with E-state index in [-0.39, 0.29) is 11.8 Å². The van der Waals surface area contributed by atoms with Crippen molar-refractivity contribution in [2.75, 3.05) is 12.4 Å². The molecule has 2 N–H and O–H groups in total. The van der Waals surface area contributed by atoms with Gasteiger partial charge in [0.2, 0.25) is 0 Å². The number of hydrogen-bond donors (Lipinski definition) is 2. The number of rotatable bonds is 4. The van der Waals surface area contributed by atoms with Crippen LogP contribution in [-0.4, -0.2) is 23.8 Å². The summed E-state index contributed by atoms with van der Waals surface area (Å²) < 4.78 is 0. The predicted molar refractivity (Wildman–Crippen MR) is 120 cm³/mol. The van der Waals surface area contributed by atoms with Crippen LogP contribution in [0.1, 0.15) is 20.7 Å². The van der Waals surface area contributed by atoms with Crippen LogP contribution in [0.4, 0.5) is 5.69 Å². The topological polar surface area (TPSA) is 71.1 Å². The quantitative estimate of drug-likeness (QED) is 0.483. The third-order valence-corrected chi connectivity index (χ3v) is 5.05. The lowest BCUT2D eigenvalue weighted by atomic mass is 10.0. The van der Waals surface area contributed by atoms with E-state index in [9.17, 15) is 9.59 Å². The number of pyridine rings is 1. The van der Waals surface area contributed by atoms with Gasteiger partial charge in [-0.3, -0.25) is 9.59 Å². The van der Waals surface area contributed by atoms with Gasteiger partial charge in [-0.05, 0) is 36.4 Å². The van der Waals surface area contributed by atoms with Crippen LogP contribution < -0.4 is 10.6 Å². The van der Waals surface area contributed by atoms with Gasteiger partial charge < -0.3 is 10.6 Å². The molecule has 0 fully saturated rings. The van der Waals surface area contributed by atoms with E-state index in [1.54, 1.807) is 43.4 Å². The molecule has 0 bridgehead atoms. The third-order valence-electron chi connectivity index (χ3n) is 4.72. The zero-order chi connectivity index (χ0) is 21.1. The molecule has 3 aromatic carbocycles. The highest BCUT2D eigenvalue weighted by molar-refractivity contribution is 6.33. The summed E-state index contributed by atoms with van der Waals surface area (Å²) in [6.07, 6.45) is 0. The molecule has 0 radical (unpaired) electrons. The first-order valence-corrected chi connectivity index (χ1v) is 9.73. The van der Waals surface area contributed by atoms with Crippen molar-refractivity contribution in [3.8, 4) is 11.3 Å². The summed E-state index contributed by atoms with van der Waals surface area (Å²) in [5.41, 5.74) is 3.53. The summed E-state index contributed by atoms with van der Waals surface area (Å²) in [5, 5.41) is 6.75. The van der Waals surface area contributed by atoms with Crippen molar-refractivity contribution in [1.29, 1.82) is 0 Å². The van der Waals surface area contributed by atoms with Gasteiger partial charge in [0.15, 0.2) is 0 Å². The molecule has 30 heavy (non-hydrogen) atoms. The zero-order valence-electron chi connectivity index (χ0n) is 16.1. The van der Waals surface area contributed by atoms with Gasteiger partial charge in [-0.2, -0.15) is 0 Å². The number of carbonyl (C=O) groups is 2. The van der Waals surface area contributed by atoms with Gasteiger partial charge >= 0.3 is 0 Å². The Balaban J connectivity index is 1.77. The highest BCUT2D eigenvalue weighted by Gasteiger charge is 2.16. The molecule has 4 aromatic rings.